The molecule has 22 heavy (non-hydrogen) atoms. The number of aromatic nitrogens is 3. The summed E-state index contributed by atoms with van der Waals surface area (Å²) >= 11 is 0. The first-order valence-corrected chi connectivity index (χ1v) is 7.17. The highest BCUT2D eigenvalue weighted by molar-refractivity contribution is 5.99. The summed E-state index contributed by atoms with van der Waals surface area (Å²) in [7, 11) is 1.82. The van der Waals surface area contributed by atoms with Gasteiger partial charge in [-0.1, -0.05) is 5.16 Å². The monoisotopic (exact) mass is 301 g/mol. The van der Waals surface area contributed by atoms with Gasteiger partial charge in [-0.15, -0.1) is 0 Å². The molecule has 2 aromatic heterocycles. The predicted molar refractivity (Wildman–Crippen MR) is 75.0 cm³/mol. The van der Waals surface area contributed by atoms with Crippen molar-refractivity contribution in [3.63, 3.8) is 0 Å². The van der Waals surface area contributed by atoms with Crippen molar-refractivity contribution in [2.75, 3.05) is 11.4 Å². The van der Waals surface area contributed by atoms with Crippen LogP contribution in [0.4, 0.5) is 5.69 Å². The summed E-state index contributed by atoms with van der Waals surface area (Å²) in [6, 6.07) is 1.43. The zero-order valence-corrected chi connectivity index (χ0v) is 12.0. The molecule has 0 aliphatic carbocycles. The molecule has 2 fully saturated rings. The van der Waals surface area contributed by atoms with Crippen LogP contribution in [-0.2, 0) is 11.8 Å². The Morgan fingerprint density at radius 1 is 1.41 bits per heavy atom. The fraction of sp³-hybridized carbons (Fsp3) is 0.429. The number of nitrogens with zero attached hydrogens (tertiary/aromatic N) is 5. The summed E-state index contributed by atoms with van der Waals surface area (Å²) in [5, 5.41) is 7.69. The van der Waals surface area contributed by atoms with Crippen molar-refractivity contribution < 1.29 is 14.1 Å². The minimum atomic E-state index is -0.203. The number of likely N-dealkylation sites (tertiary alicyclic amines) is 1. The van der Waals surface area contributed by atoms with Crippen LogP contribution in [0.1, 0.15) is 23.4 Å². The van der Waals surface area contributed by atoms with Crippen LogP contribution in [0.3, 0.4) is 0 Å². The lowest BCUT2D eigenvalue weighted by Crippen LogP contribution is -2.39. The molecule has 0 bridgehead atoms. The number of fused-ring (bicyclic) bond motifs is 1. The van der Waals surface area contributed by atoms with E-state index in [0.29, 0.717) is 13.0 Å². The lowest BCUT2D eigenvalue weighted by atomic mass is 10.1. The van der Waals surface area contributed by atoms with Crippen LogP contribution in [0.15, 0.2) is 29.2 Å². The first-order chi connectivity index (χ1) is 10.6. The Labute approximate surface area is 126 Å². The van der Waals surface area contributed by atoms with Crippen LogP contribution >= 0.6 is 0 Å². The van der Waals surface area contributed by atoms with Gasteiger partial charge in [0, 0.05) is 32.3 Å². The van der Waals surface area contributed by atoms with Gasteiger partial charge in [0.15, 0.2) is 0 Å². The zero-order chi connectivity index (χ0) is 15.3. The summed E-state index contributed by atoms with van der Waals surface area (Å²) in [5.41, 5.74) is 0.786. The van der Waals surface area contributed by atoms with Crippen molar-refractivity contribution >= 4 is 17.5 Å². The second-order valence-corrected chi connectivity index (χ2v) is 5.64. The molecule has 0 unspecified atom stereocenters. The van der Waals surface area contributed by atoms with Gasteiger partial charge < -0.3 is 14.3 Å². The third kappa shape index (κ3) is 1.83. The van der Waals surface area contributed by atoms with Gasteiger partial charge in [0.2, 0.25) is 11.7 Å². The van der Waals surface area contributed by atoms with E-state index in [4.69, 9.17) is 4.52 Å². The van der Waals surface area contributed by atoms with Gasteiger partial charge in [-0.25, -0.2) is 0 Å². The highest BCUT2D eigenvalue weighted by atomic mass is 16.5. The number of anilines is 1. The number of carbonyl (C=O) groups excluding carboxylic acids is 2. The minimum absolute atomic E-state index is 0.00331. The molecule has 4 rings (SSSR count). The van der Waals surface area contributed by atoms with E-state index in [1.54, 1.807) is 26.7 Å². The molecule has 4 heterocycles. The molecule has 8 heteroatoms. The maximum atomic E-state index is 12.5. The topological polar surface area (TPSA) is 84.5 Å². The summed E-state index contributed by atoms with van der Waals surface area (Å²) in [5.74, 6) is 0.0387. The molecule has 2 saturated heterocycles. The molecule has 114 valence electrons. The van der Waals surface area contributed by atoms with Crippen LogP contribution in [-0.4, -0.2) is 50.3 Å². The molecule has 0 N–H and O–H groups in total. The maximum Gasteiger partial charge on any atom is 0.292 e. The van der Waals surface area contributed by atoms with Crippen LogP contribution in [0, 0.1) is 0 Å². The van der Waals surface area contributed by atoms with Crippen LogP contribution in [0.2, 0.25) is 0 Å². The van der Waals surface area contributed by atoms with E-state index in [-0.39, 0.29) is 29.7 Å². The Kier molecular flexibility index (Phi) is 2.78. The minimum Gasteiger partial charge on any atom is -0.351 e. The molecule has 2 amide bonds. The van der Waals surface area contributed by atoms with Gasteiger partial charge in [-0.2, -0.15) is 5.10 Å². The standard InChI is InChI=1S/C14H15N5O3/c1-17-8-9(7-15-17)19-10-3-5-18(11(10)6-13(19)20)14(21)12-2-4-16-22-12/h2,4,7-8,10-11H,3,5-6H2,1H3/t10-,11+/m1/s1. The molecule has 0 spiro atoms. The molecule has 2 aliphatic heterocycles. The fourth-order valence-corrected chi connectivity index (χ4v) is 3.43. The second kappa shape index (κ2) is 4.69. The van der Waals surface area contributed by atoms with E-state index < -0.39 is 0 Å². The highest BCUT2D eigenvalue weighted by Gasteiger charge is 2.49. The molecule has 2 atom stereocenters. The maximum absolute atomic E-state index is 12.5. The zero-order valence-electron chi connectivity index (χ0n) is 12.0. The van der Waals surface area contributed by atoms with Crippen LogP contribution in [0.5, 0.6) is 0 Å². The van der Waals surface area contributed by atoms with Gasteiger partial charge in [0.1, 0.15) is 0 Å². The van der Waals surface area contributed by atoms with E-state index in [1.807, 2.05) is 13.2 Å². The van der Waals surface area contributed by atoms with E-state index >= 15 is 0 Å². The first-order valence-electron chi connectivity index (χ1n) is 7.17. The summed E-state index contributed by atoms with van der Waals surface area (Å²) in [6.45, 7) is 0.610. The molecule has 0 radical (unpaired) electrons. The highest BCUT2D eigenvalue weighted by Crippen LogP contribution is 2.36. The van der Waals surface area contributed by atoms with Crippen LogP contribution in [0.25, 0.3) is 0 Å². The quantitative estimate of drug-likeness (QED) is 0.803. The van der Waals surface area contributed by atoms with Gasteiger partial charge in [-0.05, 0) is 6.42 Å². The molecule has 2 aliphatic rings. The second-order valence-electron chi connectivity index (χ2n) is 5.64. The number of aryl methyl sites for hydroxylation is 1. The van der Waals surface area contributed by atoms with Crippen molar-refractivity contribution in [1.29, 1.82) is 0 Å². The Balaban J connectivity index is 1.60. The third-order valence-electron chi connectivity index (χ3n) is 4.37. The fourth-order valence-electron chi connectivity index (χ4n) is 3.43. The van der Waals surface area contributed by atoms with E-state index in [0.717, 1.165) is 12.1 Å². The number of carbonyl (C=O) groups is 2. The number of rotatable bonds is 2. The summed E-state index contributed by atoms with van der Waals surface area (Å²) < 4.78 is 6.61. The van der Waals surface area contributed by atoms with E-state index in [2.05, 4.69) is 10.3 Å². The van der Waals surface area contributed by atoms with E-state index in [1.165, 1.54) is 6.20 Å². The average molecular weight is 301 g/mol. The summed E-state index contributed by atoms with van der Waals surface area (Å²) in [6.07, 6.45) is 6.04. The van der Waals surface area contributed by atoms with Crippen molar-refractivity contribution in [3.8, 4) is 0 Å². The number of amides is 2. The summed E-state index contributed by atoms with van der Waals surface area (Å²) in [4.78, 5) is 28.3. The number of hydrogen-bond acceptors (Lipinski definition) is 5. The van der Waals surface area contributed by atoms with Crippen molar-refractivity contribution in [1.82, 2.24) is 19.8 Å². The van der Waals surface area contributed by atoms with Crippen molar-refractivity contribution in [2.45, 2.75) is 24.9 Å². The molecule has 0 saturated carbocycles. The normalized spacial score (nSPS) is 24.1. The smallest absolute Gasteiger partial charge is 0.292 e. The molecule has 2 aromatic rings. The molecule has 0 aromatic carbocycles. The van der Waals surface area contributed by atoms with Gasteiger partial charge in [-0.3, -0.25) is 14.3 Å². The van der Waals surface area contributed by atoms with Gasteiger partial charge in [0.05, 0.1) is 30.2 Å². The first kappa shape index (κ1) is 13.1. The Morgan fingerprint density at radius 3 is 2.95 bits per heavy atom. The Morgan fingerprint density at radius 2 is 2.27 bits per heavy atom. The SMILES string of the molecule is Cn1cc(N2C(=O)C[C@H]3[C@H]2CCN3C(=O)c2ccno2)cn1. The molecular weight excluding hydrogens is 286 g/mol. The van der Waals surface area contributed by atoms with Crippen molar-refractivity contribution in [2.24, 2.45) is 7.05 Å². The molecule has 8 nitrogen and oxygen atoms in total. The van der Waals surface area contributed by atoms with Crippen LogP contribution < -0.4 is 4.90 Å². The third-order valence-corrected chi connectivity index (χ3v) is 4.37. The van der Waals surface area contributed by atoms with Crippen molar-refractivity contribution in [3.05, 3.63) is 30.4 Å². The van der Waals surface area contributed by atoms with Gasteiger partial charge in [0.25, 0.3) is 5.91 Å². The number of hydrogen-bond donors (Lipinski definition) is 0. The van der Waals surface area contributed by atoms with Gasteiger partial charge >= 0.3 is 0 Å². The average Bonchev–Trinajstić information content (AvgIpc) is 3.22. The Hall–Kier alpha value is -2.64. The largest absolute Gasteiger partial charge is 0.351 e. The predicted octanol–water partition coefficient (Wildman–Crippen LogP) is 0.428. The Bertz CT molecular complexity index is 723. The lowest BCUT2D eigenvalue weighted by Gasteiger charge is -2.23. The van der Waals surface area contributed by atoms with E-state index in [9.17, 15) is 9.59 Å². The molecular formula is C14H15N5O3. The lowest BCUT2D eigenvalue weighted by molar-refractivity contribution is -0.117.